The Morgan fingerprint density at radius 1 is 1.19 bits per heavy atom. The Hall–Kier alpha value is -2.80. The van der Waals surface area contributed by atoms with Gasteiger partial charge in [-0.05, 0) is 30.5 Å². The third kappa shape index (κ3) is 4.86. The lowest BCUT2D eigenvalue weighted by Gasteiger charge is -2.12. The van der Waals surface area contributed by atoms with Crippen LogP contribution in [0.4, 0.5) is 27.6 Å². The van der Waals surface area contributed by atoms with E-state index in [0.29, 0.717) is 5.69 Å². The first-order valence-corrected chi connectivity index (χ1v) is 8.09. The molecule has 0 radical (unpaired) electrons. The third-order valence-corrected chi connectivity index (χ3v) is 3.53. The van der Waals surface area contributed by atoms with Crippen LogP contribution < -0.4 is 10.1 Å². The van der Waals surface area contributed by atoms with Crippen molar-refractivity contribution in [3.05, 3.63) is 53.6 Å². The molecule has 4 nitrogen and oxygen atoms in total. The number of ether oxygens (including phenoxy) is 1. The minimum absolute atomic E-state index is 0.0405. The molecule has 10 heteroatoms. The van der Waals surface area contributed by atoms with Gasteiger partial charge in [0.2, 0.25) is 0 Å². The van der Waals surface area contributed by atoms with Gasteiger partial charge in [0.15, 0.2) is 28.7 Å². The Morgan fingerprint density at radius 3 is 2.38 bits per heavy atom. The number of nitrogens with zero attached hydrogens (tertiary/aromatic N) is 2. The molecular formula is C16H10F5N3OS. The van der Waals surface area contributed by atoms with Gasteiger partial charge in [-0.2, -0.15) is 18.4 Å². The number of rotatable bonds is 3. The third-order valence-electron chi connectivity index (χ3n) is 2.95. The van der Waals surface area contributed by atoms with Crippen molar-refractivity contribution in [1.29, 1.82) is 5.26 Å². The van der Waals surface area contributed by atoms with E-state index >= 15 is 0 Å². The maximum atomic E-state index is 13.9. The molecule has 0 aliphatic heterocycles. The van der Waals surface area contributed by atoms with Crippen LogP contribution in [-0.2, 0) is 6.18 Å². The quantitative estimate of drug-likeness (QED) is 0.259. The molecule has 2 aromatic carbocycles. The number of benzene rings is 2. The summed E-state index contributed by atoms with van der Waals surface area (Å²) in [5.74, 6) is -3.97. The van der Waals surface area contributed by atoms with Crippen molar-refractivity contribution >= 4 is 22.6 Å². The Balaban J connectivity index is 2.33. The molecule has 2 rings (SSSR count). The molecule has 0 spiro atoms. The minimum atomic E-state index is -4.88. The number of amidine groups is 1. The number of halogens is 5. The maximum absolute atomic E-state index is 13.9. The SMILES string of the molecule is CSC(=Nc1cccc(Oc2c(F)cc(C(F)(F)F)cc2F)c1)NC#N. The number of thioether (sulfide) groups is 1. The number of hydrogen-bond acceptors (Lipinski definition) is 4. The summed E-state index contributed by atoms with van der Waals surface area (Å²) in [4.78, 5) is 4.09. The molecule has 0 saturated carbocycles. The molecule has 0 bridgehead atoms. The lowest BCUT2D eigenvalue weighted by molar-refractivity contribution is -0.138. The molecular weight excluding hydrogens is 377 g/mol. The number of nitriles is 1. The standard InChI is InChI=1S/C16H10F5N3OS/c1-26-15(23-8-22)24-10-3-2-4-11(7-10)25-14-12(17)5-9(6-13(14)18)16(19,20)21/h2-7H,1H3,(H,23,24). The Kier molecular flexibility index (Phi) is 6.05. The number of alkyl halides is 3. The van der Waals surface area contributed by atoms with Gasteiger partial charge in [0.25, 0.3) is 0 Å². The zero-order valence-electron chi connectivity index (χ0n) is 13.1. The van der Waals surface area contributed by atoms with Crippen LogP contribution in [0.3, 0.4) is 0 Å². The van der Waals surface area contributed by atoms with E-state index in [1.165, 1.54) is 18.2 Å². The van der Waals surface area contributed by atoms with Crippen LogP contribution in [0.1, 0.15) is 5.56 Å². The Labute approximate surface area is 149 Å². The van der Waals surface area contributed by atoms with Gasteiger partial charge in [-0.15, -0.1) is 0 Å². The molecule has 0 unspecified atom stereocenters. The van der Waals surface area contributed by atoms with Crippen LogP contribution in [0.15, 0.2) is 41.4 Å². The second kappa shape index (κ2) is 8.05. The summed E-state index contributed by atoms with van der Waals surface area (Å²) in [5, 5.41) is 11.2. The van der Waals surface area contributed by atoms with E-state index in [-0.39, 0.29) is 23.0 Å². The van der Waals surface area contributed by atoms with Gasteiger partial charge >= 0.3 is 6.18 Å². The normalized spacial score (nSPS) is 11.8. The van der Waals surface area contributed by atoms with E-state index in [0.717, 1.165) is 11.8 Å². The summed E-state index contributed by atoms with van der Waals surface area (Å²) in [7, 11) is 0. The fourth-order valence-electron chi connectivity index (χ4n) is 1.85. The fraction of sp³-hybridized carbons (Fsp3) is 0.125. The van der Waals surface area contributed by atoms with Gasteiger partial charge < -0.3 is 4.74 Å². The second-order valence-corrected chi connectivity index (χ2v) is 5.52. The lowest BCUT2D eigenvalue weighted by Crippen LogP contribution is -2.12. The highest BCUT2D eigenvalue weighted by Crippen LogP contribution is 2.36. The molecule has 0 heterocycles. The Morgan fingerprint density at radius 2 is 1.85 bits per heavy atom. The summed E-state index contributed by atoms with van der Waals surface area (Å²) in [6.45, 7) is 0. The van der Waals surface area contributed by atoms with Crippen molar-refractivity contribution in [2.75, 3.05) is 6.26 Å². The second-order valence-electron chi connectivity index (χ2n) is 4.72. The van der Waals surface area contributed by atoms with Crippen molar-refractivity contribution in [1.82, 2.24) is 5.32 Å². The zero-order chi connectivity index (χ0) is 19.3. The smallest absolute Gasteiger partial charge is 0.416 e. The van der Waals surface area contributed by atoms with Crippen molar-refractivity contribution in [2.45, 2.75) is 6.18 Å². The van der Waals surface area contributed by atoms with Crippen LogP contribution in [0.5, 0.6) is 11.5 Å². The van der Waals surface area contributed by atoms with E-state index in [2.05, 4.69) is 10.3 Å². The van der Waals surface area contributed by atoms with Gasteiger partial charge in [-0.3, -0.25) is 5.32 Å². The van der Waals surface area contributed by atoms with Gasteiger partial charge in [-0.25, -0.2) is 13.8 Å². The lowest BCUT2D eigenvalue weighted by atomic mass is 10.2. The molecule has 2 aromatic rings. The van der Waals surface area contributed by atoms with Gasteiger partial charge in [0, 0.05) is 6.07 Å². The molecule has 0 saturated heterocycles. The molecule has 0 aliphatic carbocycles. The highest BCUT2D eigenvalue weighted by molar-refractivity contribution is 8.13. The van der Waals surface area contributed by atoms with Crippen LogP contribution in [0.25, 0.3) is 0 Å². The fourth-order valence-corrected chi connectivity index (χ4v) is 2.19. The van der Waals surface area contributed by atoms with E-state index in [9.17, 15) is 22.0 Å². The van der Waals surface area contributed by atoms with Crippen LogP contribution in [0, 0.1) is 23.1 Å². The average Bonchev–Trinajstić information content (AvgIpc) is 2.57. The highest BCUT2D eigenvalue weighted by atomic mass is 32.2. The molecule has 136 valence electrons. The summed E-state index contributed by atoms with van der Waals surface area (Å²) in [6.07, 6.45) is -1.50. The molecule has 26 heavy (non-hydrogen) atoms. The van der Waals surface area contributed by atoms with E-state index in [4.69, 9.17) is 10.00 Å². The van der Waals surface area contributed by atoms with Crippen LogP contribution in [0.2, 0.25) is 0 Å². The van der Waals surface area contributed by atoms with Crippen molar-refractivity contribution in [3.8, 4) is 17.7 Å². The predicted molar refractivity (Wildman–Crippen MR) is 87.2 cm³/mol. The summed E-state index contributed by atoms with van der Waals surface area (Å²) < 4.78 is 70.4. The number of aliphatic imine (C=N–C) groups is 1. The number of nitrogens with one attached hydrogen (secondary N) is 1. The van der Waals surface area contributed by atoms with Crippen molar-refractivity contribution in [3.63, 3.8) is 0 Å². The van der Waals surface area contributed by atoms with Crippen LogP contribution >= 0.6 is 11.8 Å². The molecule has 0 atom stereocenters. The molecule has 1 N–H and O–H groups in total. The van der Waals surface area contributed by atoms with Crippen LogP contribution in [-0.4, -0.2) is 11.4 Å². The van der Waals surface area contributed by atoms with E-state index in [1.807, 2.05) is 0 Å². The first-order chi connectivity index (χ1) is 12.2. The monoisotopic (exact) mass is 387 g/mol. The van der Waals surface area contributed by atoms with Gasteiger partial charge in [-0.1, -0.05) is 17.8 Å². The summed E-state index contributed by atoms with van der Waals surface area (Å²) >= 11 is 1.16. The largest absolute Gasteiger partial charge is 0.451 e. The summed E-state index contributed by atoms with van der Waals surface area (Å²) in [5.41, 5.74) is -1.15. The first-order valence-electron chi connectivity index (χ1n) is 6.86. The zero-order valence-corrected chi connectivity index (χ0v) is 13.9. The van der Waals surface area contributed by atoms with Crippen molar-refractivity contribution in [2.24, 2.45) is 4.99 Å². The van der Waals surface area contributed by atoms with Gasteiger partial charge in [0.1, 0.15) is 5.75 Å². The van der Waals surface area contributed by atoms with E-state index < -0.39 is 29.1 Å². The average molecular weight is 387 g/mol. The number of hydrogen-bond donors (Lipinski definition) is 1. The maximum Gasteiger partial charge on any atom is 0.416 e. The Bertz CT molecular complexity index is 854. The topological polar surface area (TPSA) is 57.4 Å². The van der Waals surface area contributed by atoms with Crippen molar-refractivity contribution < 1.29 is 26.7 Å². The predicted octanol–water partition coefficient (Wildman–Crippen LogP) is 5.20. The summed E-state index contributed by atoms with van der Waals surface area (Å²) in [6, 6.07) is 5.99. The highest BCUT2D eigenvalue weighted by Gasteiger charge is 2.33. The molecule has 0 amide bonds. The first kappa shape index (κ1) is 19.5. The van der Waals surface area contributed by atoms with E-state index in [1.54, 1.807) is 18.5 Å². The molecule has 0 aliphatic rings. The molecule has 0 fully saturated rings. The van der Waals surface area contributed by atoms with Gasteiger partial charge in [0.05, 0.1) is 11.3 Å². The molecule has 0 aromatic heterocycles. The minimum Gasteiger partial charge on any atom is -0.451 e.